The molecule has 1 atom stereocenters. The molecule has 3 rings (SSSR count). The summed E-state index contributed by atoms with van der Waals surface area (Å²) in [4.78, 5) is 19.3. The van der Waals surface area contributed by atoms with Crippen molar-refractivity contribution < 1.29 is 13.2 Å². The molecule has 8 nitrogen and oxygen atoms in total. The van der Waals surface area contributed by atoms with Gasteiger partial charge in [0.25, 0.3) is 0 Å². The summed E-state index contributed by atoms with van der Waals surface area (Å²) in [7, 11) is -3.05. The van der Waals surface area contributed by atoms with Gasteiger partial charge in [-0.1, -0.05) is 13.3 Å². The number of amides is 1. The predicted molar refractivity (Wildman–Crippen MR) is 109 cm³/mol. The first-order chi connectivity index (χ1) is 13.8. The molecule has 1 aliphatic heterocycles. The van der Waals surface area contributed by atoms with Crippen LogP contribution in [0.5, 0.6) is 0 Å². The number of sulfone groups is 1. The van der Waals surface area contributed by atoms with E-state index >= 15 is 0 Å². The van der Waals surface area contributed by atoms with Crippen LogP contribution in [-0.2, 0) is 21.1 Å². The van der Waals surface area contributed by atoms with E-state index in [2.05, 4.69) is 23.1 Å². The molecule has 1 fully saturated rings. The molecule has 9 heteroatoms. The Morgan fingerprint density at radius 2 is 2.17 bits per heavy atom. The van der Waals surface area contributed by atoms with E-state index in [9.17, 15) is 18.5 Å². The topological polar surface area (TPSA) is 108 Å². The summed E-state index contributed by atoms with van der Waals surface area (Å²) in [5.74, 6) is 0.211. The van der Waals surface area contributed by atoms with E-state index in [1.165, 1.54) is 6.20 Å². The molecule has 3 heterocycles. The zero-order chi connectivity index (χ0) is 21.2. The summed E-state index contributed by atoms with van der Waals surface area (Å²) in [5.41, 5.74) is 3.53. The Morgan fingerprint density at radius 1 is 1.41 bits per heavy atom. The van der Waals surface area contributed by atoms with Gasteiger partial charge in [-0.25, -0.2) is 17.9 Å². The zero-order valence-electron chi connectivity index (χ0n) is 17.2. The van der Waals surface area contributed by atoms with Crippen LogP contribution < -0.4 is 0 Å². The summed E-state index contributed by atoms with van der Waals surface area (Å²) in [6.07, 6.45) is 4.62. The van der Waals surface area contributed by atoms with Crippen LogP contribution in [-0.4, -0.2) is 57.9 Å². The first-order valence-corrected chi connectivity index (χ1v) is 11.8. The summed E-state index contributed by atoms with van der Waals surface area (Å²) < 4.78 is 25.4. The molecule has 2 aromatic heterocycles. The lowest BCUT2D eigenvalue weighted by Crippen LogP contribution is -2.42. The third-order valence-corrected chi connectivity index (χ3v) is 7.39. The van der Waals surface area contributed by atoms with Crippen molar-refractivity contribution >= 4 is 21.4 Å². The number of nitriles is 1. The molecule has 0 aliphatic carbocycles. The molecule has 29 heavy (non-hydrogen) atoms. The van der Waals surface area contributed by atoms with Gasteiger partial charge in [-0.3, -0.25) is 4.79 Å². The maximum atomic E-state index is 13.0. The molecular formula is C20H27N5O3S. The molecule has 1 saturated heterocycles. The second-order valence-corrected chi connectivity index (χ2v) is 9.89. The normalized spacial score (nSPS) is 18.1. The molecule has 0 N–H and O–H groups in total. The monoisotopic (exact) mass is 417 g/mol. The molecule has 1 amide bonds. The minimum Gasteiger partial charge on any atom is -0.339 e. The van der Waals surface area contributed by atoms with Crippen molar-refractivity contribution in [2.45, 2.75) is 58.9 Å². The van der Waals surface area contributed by atoms with E-state index in [4.69, 9.17) is 0 Å². The first-order valence-electron chi connectivity index (χ1n) is 10.0. The van der Waals surface area contributed by atoms with Gasteiger partial charge in [0.2, 0.25) is 5.91 Å². The fourth-order valence-corrected chi connectivity index (χ4v) is 5.72. The van der Waals surface area contributed by atoms with Crippen LogP contribution in [0.2, 0.25) is 0 Å². The minimum atomic E-state index is -3.05. The minimum absolute atomic E-state index is 0.0161. The van der Waals surface area contributed by atoms with Crippen molar-refractivity contribution in [2.75, 3.05) is 18.1 Å². The van der Waals surface area contributed by atoms with E-state index in [0.29, 0.717) is 37.0 Å². The molecule has 1 unspecified atom stereocenters. The van der Waals surface area contributed by atoms with Crippen molar-refractivity contribution in [3.8, 4) is 6.07 Å². The van der Waals surface area contributed by atoms with E-state index in [1.807, 2.05) is 13.8 Å². The third kappa shape index (κ3) is 4.42. The molecule has 0 radical (unpaired) electrons. The van der Waals surface area contributed by atoms with Gasteiger partial charge < -0.3 is 4.90 Å². The Kier molecular flexibility index (Phi) is 6.22. The fourth-order valence-electron chi connectivity index (χ4n) is 3.99. The Labute approximate surface area is 171 Å². The molecule has 0 spiro atoms. The van der Waals surface area contributed by atoms with Crippen molar-refractivity contribution in [3.05, 3.63) is 28.7 Å². The quantitative estimate of drug-likeness (QED) is 0.681. The highest BCUT2D eigenvalue weighted by atomic mass is 32.2. The zero-order valence-corrected chi connectivity index (χ0v) is 18.0. The van der Waals surface area contributed by atoms with E-state index in [0.717, 1.165) is 29.8 Å². The highest BCUT2D eigenvalue weighted by Crippen LogP contribution is 2.22. The van der Waals surface area contributed by atoms with E-state index < -0.39 is 9.84 Å². The van der Waals surface area contributed by atoms with Crippen molar-refractivity contribution in [1.29, 1.82) is 5.26 Å². The number of hydrogen-bond acceptors (Lipinski definition) is 6. The Bertz CT molecular complexity index is 1070. The van der Waals surface area contributed by atoms with Crippen LogP contribution in [0.15, 0.2) is 6.20 Å². The number of fused-ring (bicyclic) bond motifs is 1. The first kappa shape index (κ1) is 21.2. The number of nitrogens with zero attached hydrogens (tertiary/aromatic N) is 5. The van der Waals surface area contributed by atoms with Crippen LogP contribution in [0.4, 0.5) is 0 Å². The molecule has 0 saturated carbocycles. The predicted octanol–water partition coefficient (Wildman–Crippen LogP) is 1.97. The number of aromatic nitrogens is 3. The lowest BCUT2D eigenvalue weighted by Gasteiger charge is -2.28. The lowest BCUT2D eigenvalue weighted by atomic mass is 10.0. The highest BCUT2D eigenvalue weighted by Gasteiger charge is 2.34. The van der Waals surface area contributed by atoms with Gasteiger partial charge in [-0.05, 0) is 38.7 Å². The summed E-state index contributed by atoms with van der Waals surface area (Å²) in [6.45, 7) is 6.43. The van der Waals surface area contributed by atoms with Gasteiger partial charge >= 0.3 is 0 Å². The largest absolute Gasteiger partial charge is 0.339 e. The molecule has 1 aliphatic rings. The van der Waals surface area contributed by atoms with E-state index in [1.54, 1.807) is 9.42 Å². The SMILES string of the molecule is CCCCN(C(=O)CCc1c(C)nc2c(C#N)cnn2c1C)C1CCS(=O)(=O)C1. The Morgan fingerprint density at radius 3 is 2.79 bits per heavy atom. The lowest BCUT2D eigenvalue weighted by molar-refractivity contribution is -0.133. The van der Waals surface area contributed by atoms with Gasteiger partial charge in [0, 0.05) is 30.4 Å². The molecule has 2 aromatic rings. The van der Waals surface area contributed by atoms with Gasteiger partial charge in [0.05, 0.1) is 17.7 Å². The number of carbonyl (C=O) groups is 1. The maximum absolute atomic E-state index is 13.0. The summed E-state index contributed by atoms with van der Waals surface area (Å²) in [5, 5.41) is 13.4. The van der Waals surface area contributed by atoms with Gasteiger partial charge in [-0.15, -0.1) is 0 Å². The fraction of sp³-hybridized carbons (Fsp3) is 0.600. The molecular weight excluding hydrogens is 390 g/mol. The van der Waals surface area contributed by atoms with Crippen molar-refractivity contribution in [3.63, 3.8) is 0 Å². The van der Waals surface area contributed by atoms with Crippen LogP contribution in [0, 0.1) is 25.2 Å². The second kappa shape index (κ2) is 8.49. The van der Waals surface area contributed by atoms with Gasteiger partial charge in [-0.2, -0.15) is 10.4 Å². The number of carbonyl (C=O) groups excluding carboxylic acids is 1. The highest BCUT2D eigenvalue weighted by molar-refractivity contribution is 7.91. The van der Waals surface area contributed by atoms with E-state index in [-0.39, 0.29) is 23.5 Å². The van der Waals surface area contributed by atoms with Crippen LogP contribution >= 0.6 is 0 Å². The molecule has 0 aromatic carbocycles. The summed E-state index contributed by atoms with van der Waals surface area (Å²) in [6, 6.07) is 1.87. The molecule has 156 valence electrons. The Balaban J connectivity index is 1.78. The van der Waals surface area contributed by atoms with Crippen molar-refractivity contribution in [1.82, 2.24) is 19.5 Å². The number of aryl methyl sites for hydroxylation is 2. The third-order valence-electron chi connectivity index (χ3n) is 5.64. The van der Waals surface area contributed by atoms with Crippen LogP contribution in [0.1, 0.15) is 55.1 Å². The average molecular weight is 418 g/mol. The number of hydrogen-bond donors (Lipinski definition) is 0. The average Bonchev–Trinajstić information content (AvgIpc) is 3.24. The van der Waals surface area contributed by atoms with Crippen LogP contribution in [0.25, 0.3) is 5.65 Å². The molecule has 0 bridgehead atoms. The second-order valence-electron chi connectivity index (χ2n) is 7.66. The summed E-state index contributed by atoms with van der Waals surface area (Å²) >= 11 is 0. The standard InChI is InChI=1S/C20H27N5O3S/c1-4-5-9-24(17-8-10-29(27,28)13-17)19(26)7-6-18-14(2)23-20-16(11-21)12-22-25(20)15(18)3/h12,17H,4-10,13H2,1-3H3. The number of rotatable bonds is 7. The van der Waals surface area contributed by atoms with Gasteiger partial charge in [0.15, 0.2) is 15.5 Å². The van der Waals surface area contributed by atoms with Gasteiger partial charge in [0.1, 0.15) is 11.6 Å². The number of unbranched alkanes of at least 4 members (excludes halogenated alkanes) is 1. The van der Waals surface area contributed by atoms with Crippen LogP contribution in [0.3, 0.4) is 0 Å². The smallest absolute Gasteiger partial charge is 0.223 e. The Hall–Kier alpha value is -2.47. The maximum Gasteiger partial charge on any atom is 0.223 e. The van der Waals surface area contributed by atoms with Crippen molar-refractivity contribution in [2.24, 2.45) is 0 Å².